The van der Waals surface area contributed by atoms with E-state index in [1.165, 1.54) is 0 Å². The topological polar surface area (TPSA) is 76.3 Å². The van der Waals surface area contributed by atoms with Crippen LogP contribution >= 0.6 is 34.8 Å². The smallest absolute Gasteiger partial charge is 0.231 e. The van der Waals surface area contributed by atoms with Gasteiger partial charge in [-0.1, -0.05) is 77.3 Å². The number of aliphatic imine (C=N–C) groups is 1. The Morgan fingerprint density at radius 3 is 2.26 bits per heavy atom. The highest BCUT2D eigenvalue weighted by molar-refractivity contribution is 7.89. The van der Waals surface area contributed by atoms with Crippen LogP contribution in [0.4, 0.5) is 0 Å². The van der Waals surface area contributed by atoms with Gasteiger partial charge >= 0.3 is 0 Å². The fourth-order valence-corrected chi connectivity index (χ4v) is 4.39. The van der Waals surface area contributed by atoms with Crippen LogP contribution in [0.1, 0.15) is 11.3 Å². The lowest BCUT2D eigenvalue weighted by Crippen LogP contribution is -2.31. The highest BCUT2D eigenvalue weighted by Crippen LogP contribution is 2.30. The van der Waals surface area contributed by atoms with Gasteiger partial charge in [0.05, 0.1) is 29.2 Å². The number of sulfonamides is 1. The first-order chi connectivity index (χ1) is 16.2. The summed E-state index contributed by atoms with van der Waals surface area (Å²) in [6, 6.07) is 23.5. The van der Waals surface area contributed by atoms with Gasteiger partial charge in [0.1, 0.15) is 5.69 Å². The van der Waals surface area contributed by atoms with Crippen LogP contribution in [0, 0.1) is 0 Å². The number of nitrogens with zero attached hydrogens (tertiary/aromatic N) is 3. The van der Waals surface area contributed by atoms with Gasteiger partial charge in [-0.05, 0) is 42.0 Å². The number of aromatic nitrogens is 2. The predicted molar refractivity (Wildman–Crippen MR) is 139 cm³/mol. The van der Waals surface area contributed by atoms with Crippen LogP contribution < -0.4 is 4.72 Å². The molecule has 1 heterocycles. The van der Waals surface area contributed by atoms with Crippen LogP contribution in [0.2, 0.25) is 15.1 Å². The zero-order chi connectivity index (χ0) is 24.3. The second-order valence-electron chi connectivity index (χ2n) is 7.45. The summed E-state index contributed by atoms with van der Waals surface area (Å²) in [4.78, 5) is 4.52. The van der Waals surface area contributed by atoms with E-state index >= 15 is 0 Å². The molecule has 0 saturated heterocycles. The molecule has 0 aliphatic rings. The average molecular weight is 534 g/mol. The summed E-state index contributed by atoms with van der Waals surface area (Å²) >= 11 is 18.6. The molecule has 0 unspecified atom stereocenters. The second kappa shape index (κ2) is 10.2. The van der Waals surface area contributed by atoms with Gasteiger partial charge in [-0.15, -0.1) is 0 Å². The van der Waals surface area contributed by atoms with Crippen molar-refractivity contribution in [3.8, 4) is 16.9 Å². The van der Waals surface area contributed by atoms with E-state index in [1.54, 1.807) is 41.1 Å². The Bertz CT molecular complexity index is 1450. The molecule has 0 aliphatic heterocycles. The Labute approximate surface area is 212 Å². The maximum absolute atomic E-state index is 12.1. The first kappa shape index (κ1) is 24.3. The standard InChI is InChI=1S/C24H19Cl3N4O2S/c1-34(32,33)30-24(28-15-16-5-3-2-4-6-16)21-14-23(17-7-9-18(25)10-8-17)31(29-21)22-12-11-19(26)13-20(22)27/h2-14H,15H2,1H3,(H,28,30). The number of halogens is 3. The summed E-state index contributed by atoms with van der Waals surface area (Å²) in [7, 11) is -3.62. The minimum Gasteiger partial charge on any atom is -0.266 e. The van der Waals surface area contributed by atoms with Gasteiger partial charge in [0.15, 0.2) is 5.84 Å². The fourth-order valence-electron chi connectivity index (χ4n) is 3.25. The van der Waals surface area contributed by atoms with Gasteiger partial charge in [-0.3, -0.25) is 9.71 Å². The molecule has 0 aliphatic carbocycles. The Morgan fingerprint density at radius 1 is 0.941 bits per heavy atom. The molecule has 0 amide bonds. The molecule has 0 atom stereocenters. The molecule has 6 nitrogen and oxygen atoms in total. The Hall–Kier alpha value is -2.84. The van der Waals surface area contributed by atoms with Crippen molar-refractivity contribution in [2.24, 2.45) is 4.99 Å². The zero-order valence-electron chi connectivity index (χ0n) is 17.9. The van der Waals surface area contributed by atoms with Gasteiger partial charge in [-0.2, -0.15) is 5.10 Å². The molecule has 3 aromatic carbocycles. The molecule has 0 spiro atoms. The molecular weight excluding hydrogens is 515 g/mol. The normalized spacial score (nSPS) is 12.1. The van der Waals surface area contributed by atoms with Crippen molar-refractivity contribution in [3.63, 3.8) is 0 Å². The quantitative estimate of drug-likeness (QED) is 0.244. The van der Waals surface area contributed by atoms with Gasteiger partial charge in [0, 0.05) is 15.6 Å². The lowest BCUT2D eigenvalue weighted by atomic mass is 10.1. The molecule has 34 heavy (non-hydrogen) atoms. The van der Waals surface area contributed by atoms with Crippen molar-refractivity contribution in [2.75, 3.05) is 6.26 Å². The minimum atomic E-state index is -3.62. The third-order valence-electron chi connectivity index (χ3n) is 4.77. The predicted octanol–water partition coefficient (Wildman–Crippen LogP) is 6.00. The summed E-state index contributed by atoms with van der Waals surface area (Å²) < 4.78 is 28.3. The van der Waals surface area contributed by atoms with Crippen molar-refractivity contribution in [3.05, 3.63) is 105 Å². The fraction of sp³-hybridized carbons (Fsp3) is 0.0833. The molecule has 0 bridgehead atoms. The molecular formula is C24H19Cl3N4O2S. The number of nitrogens with one attached hydrogen (secondary N) is 1. The lowest BCUT2D eigenvalue weighted by molar-refractivity contribution is 0.598. The van der Waals surface area contributed by atoms with Crippen LogP contribution in [0.3, 0.4) is 0 Å². The summed E-state index contributed by atoms with van der Waals surface area (Å²) in [6.45, 7) is 0.267. The summed E-state index contributed by atoms with van der Waals surface area (Å²) in [5.41, 5.74) is 3.30. The van der Waals surface area contributed by atoms with Crippen LogP contribution in [-0.2, 0) is 16.6 Å². The number of rotatable bonds is 6. The Morgan fingerprint density at radius 2 is 1.62 bits per heavy atom. The van der Waals surface area contributed by atoms with Gasteiger partial charge < -0.3 is 0 Å². The number of hydrogen-bond acceptors (Lipinski definition) is 4. The summed E-state index contributed by atoms with van der Waals surface area (Å²) in [6.07, 6.45) is 1.07. The Balaban J connectivity index is 1.87. The van der Waals surface area contributed by atoms with E-state index in [1.807, 2.05) is 42.5 Å². The van der Waals surface area contributed by atoms with Crippen LogP contribution in [-0.4, -0.2) is 30.3 Å². The largest absolute Gasteiger partial charge is 0.266 e. The number of benzene rings is 3. The first-order valence-corrected chi connectivity index (χ1v) is 13.1. The van der Waals surface area contributed by atoms with E-state index < -0.39 is 10.0 Å². The maximum atomic E-state index is 12.1. The third-order valence-corrected chi connectivity index (χ3v) is 6.13. The molecule has 0 saturated carbocycles. The lowest BCUT2D eigenvalue weighted by Gasteiger charge is -2.10. The van der Waals surface area contributed by atoms with Crippen molar-refractivity contribution >= 4 is 50.7 Å². The summed E-state index contributed by atoms with van der Waals surface area (Å²) in [5.74, 6) is 0.116. The molecule has 174 valence electrons. The van der Waals surface area contributed by atoms with Crippen LogP contribution in [0.5, 0.6) is 0 Å². The number of hydrogen-bond donors (Lipinski definition) is 1. The highest BCUT2D eigenvalue weighted by Gasteiger charge is 2.19. The van der Waals surface area contributed by atoms with E-state index in [0.717, 1.165) is 17.4 Å². The highest BCUT2D eigenvalue weighted by atomic mass is 35.5. The molecule has 1 aromatic heterocycles. The second-order valence-corrected chi connectivity index (χ2v) is 10.5. The maximum Gasteiger partial charge on any atom is 0.231 e. The molecule has 0 radical (unpaired) electrons. The number of amidine groups is 1. The monoisotopic (exact) mass is 532 g/mol. The third kappa shape index (κ3) is 5.98. The Kier molecular flexibility index (Phi) is 7.28. The molecule has 0 fully saturated rings. The average Bonchev–Trinajstić information content (AvgIpc) is 3.22. The minimum absolute atomic E-state index is 0.116. The zero-order valence-corrected chi connectivity index (χ0v) is 21.0. The molecule has 10 heteroatoms. The van der Waals surface area contributed by atoms with Gasteiger partial charge in [-0.25, -0.2) is 13.1 Å². The van der Waals surface area contributed by atoms with E-state index in [9.17, 15) is 8.42 Å². The first-order valence-electron chi connectivity index (χ1n) is 10.1. The van der Waals surface area contributed by atoms with E-state index in [4.69, 9.17) is 34.8 Å². The summed E-state index contributed by atoms with van der Waals surface area (Å²) in [5, 5.41) is 6.12. The molecule has 4 rings (SSSR count). The van der Waals surface area contributed by atoms with Crippen molar-refractivity contribution in [2.45, 2.75) is 6.54 Å². The van der Waals surface area contributed by atoms with Crippen molar-refractivity contribution in [1.29, 1.82) is 0 Å². The van der Waals surface area contributed by atoms with E-state index in [-0.39, 0.29) is 12.4 Å². The molecule has 1 N–H and O–H groups in total. The van der Waals surface area contributed by atoms with E-state index in [0.29, 0.717) is 32.1 Å². The molecule has 4 aromatic rings. The van der Waals surface area contributed by atoms with Crippen LogP contribution in [0.25, 0.3) is 16.9 Å². The van der Waals surface area contributed by atoms with Crippen molar-refractivity contribution < 1.29 is 8.42 Å². The van der Waals surface area contributed by atoms with Crippen molar-refractivity contribution in [1.82, 2.24) is 14.5 Å². The van der Waals surface area contributed by atoms with Gasteiger partial charge in [0.25, 0.3) is 0 Å². The van der Waals surface area contributed by atoms with Gasteiger partial charge in [0.2, 0.25) is 10.0 Å². The van der Waals surface area contributed by atoms with E-state index in [2.05, 4.69) is 14.8 Å². The SMILES string of the molecule is CS(=O)(=O)NC(=NCc1ccccc1)c1cc(-c2ccc(Cl)cc2)n(-c2ccc(Cl)cc2Cl)n1. The van der Waals surface area contributed by atoms with Crippen LogP contribution in [0.15, 0.2) is 83.9 Å².